The van der Waals surface area contributed by atoms with Crippen molar-refractivity contribution in [2.75, 3.05) is 19.6 Å². The van der Waals surface area contributed by atoms with E-state index in [2.05, 4.69) is 18.7 Å². The van der Waals surface area contributed by atoms with Crippen molar-refractivity contribution in [2.24, 2.45) is 0 Å². The first-order valence-electron chi connectivity index (χ1n) is 6.93. The van der Waals surface area contributed by atoms with Gasteiger partial charge in [-0.05, 0) is 26.3 Å². The zero-order chi connectivity index (χ0) is 13.9. The first-order chi connectivity index (χ1) is 9.03. The SMILES string of the molecule is CC1CN(CC(C)(C=O)c2ccccc2)CC(C)O1. The zero-order valence-electron chi connectivity index (χ0n) is 12.0. The van der Waals surface area contributed by atoms with Crippen LogP contribution in [0.5, 0.6) is 0 Å². The van der Waals surface area contributed by atoms with Crippen LogP contribution in [0, 0.1) is 0 Å². The van der Waals surface area contributed by atoms with Gasteiger partial charge < -0.3 is 9.53 Å². The summed E-state index contributed by atoms with van der Waals surface area (Å²) in [5, 5.41) is 0. The number of morpholine rings is 1. The molecule has 0 spiro atoms. The first kappa shape index (κ1) is 14.2. The monoisotopic (exact) mass is 261 g/mol. The maximum Gasteiger partial charge on any atom is 0.131 e. The van der Waals surface area contributed by atoms with Crippen LogP contribution in [-0.4, -0.2) is 43.0 Å². The third kappa shape index (κ3) is 3.43. The van der Waals surface area contributed by atoms with Crippen LogP contribution >= 0.6 is 0 Å². The van der Waals surface area contributed by atoms with Crippen LogP contribution in [-0.2, 0) is 14.9 Å². The number of rotatable bonds is 4. The fourth-order valence-electron chi connectivity index (χ4n) is 2.89. The van der Waals surface area contributed by atoms with Crippen LogP contribution in [0.15, 0.2) is 30.3 Å². The number of aldehydes is 1. The third-order valence-corrected chi connectivity index (χ3v) is 3.74. The molecule has 3 unspecified atom stereocenters. The van der Waals surface area contributed by atoms with Gasteiger partial charge in [0.1, 0.15) is 6.29 Å². The van der Waals surface area contributed by atoms with Crippen molar-refractivity contribution in [3.63, 3.8) is 0 Å². The highest BCUT2D eigenvalue weighted by Crippen LogP contribution is 2.24. The molecule has 1 heterocycles. The normalized spacial score (nSPS) is 27.7. The number of carbonyl (C=O) groups is 1. The maximum atomic E-state index is 11.6. The van der Waals surface area contributed by atoms with E-state index in [0.717, 1.165) is 31.5 Å². The molecule has 0 saturated carbocycles. The first-order valence-corrected chi connectivity index (χ1v) is 6.93. The van der Waals surface area contributed by atoms with Crippen molar-refractivity contribution in [1.82, 2.24) is 4.90 Å². The van der Waals surface area contributed by atoms with Crippen molar-refractivity contribution in [3.8, 4) is 0 Å². The molecule has 1 saturated heterocycles. The topological polar surface area (TPSA) is 29.5 Å². The number of nitrogens with zero attached hydrogens (tertiary/aromatic N) is 1. The summed E-state index contributed by atoms with van der Waals surface area (Å²) in [5.41, 5.74) is 0.634. The Morgan fingerprint density at radius 3 is 2.37 bits per heavy atom. The minimum Gasteiger partial charge on any atom is -0.373 e. The van der Waals surface area contributed by atoms with Gasteiger partial charge in [-0.3, -0.25) is 4.90 Å². The van der Waals surface area contributed by atoms with Crippen molar-refractivity contribution < 1.29 is 9.53 Å². The Balaban J connectivity index is 2.12. The average molecular weight is 261 g/mol. The molecule has 0 aliphatic carbocycles. The molecule has 1 aromatic carbocycles. The Labute approximate surface area is 115 Å². The van der Waals surface area contributed by atoms with E-state index in [1.165, 1.54) is 0 Å². The van der Waals surface area contributed by atoms with Gasteiger partial charge in [-0.1, -0.05) is 30.3 Å². The van der Waals surface area contributed by atoms with Gasteiger partial charge in [-0.25, -0.2) is 0 Å². The summed E-state index contributed by atoms with van der Waals surface area (Å²) in [6.07, 6.45) is 1.54. The standard InChI is InChI=1S/C16H23NO2/c1-13-9-17(10-14(2)19-13)11-16(3,12-18)15-7-5-4-6-8-15/h4-8,12-14H,9-11H2,1-3H3. The van der Waals surface area contributed by atoms with Gasteiger partial charge in [-0.2, -0.15) is 0 Å². The average Bonchev–Trinajstić information content (AvgIpc) is 2.38. The van der Waals surface area contributed by atoms with Gasteiger partial charge in [0.25, 0.3) is 0 Å². The molecule has 1 fully saturated rings. The van der Waals surface area contributed by atoms with Gasteiger partial charge in [0.15, 0.2) is 0 Å². The highest BCUT2D eigenvalue weighted by molar-refractivity contribution is 5.68. The number of ether oxygens (including phenoxy) is 1. The zero-order valence-corrected chi connectivity index (χ0v) is 12.0. The van der Waals surface area contributed by atoms with E-state index >= 15 is 0 Å². The molecule has 0 aromatic heterocycles. The molecule has 1 aromatic rings. The van der Waals surface area contributed by atoms with Crippen molar-refractivity contribution in [3.05, 3.63) is 35.9 Å². The van der Waals surface area contributed by atoms with Crippen molar-refractivity contribution in [2.45, 2.75) is 38.4 Å². The molecule has 3 nitrogen and oxygen atoms in total. The molecule has 19 heavy (non-hydrogen) atoms. The molecule has 1 aliphatic heterocycles. The second-order valence-electron chi connectivity index (χ2n) is 5.85. The molecule has 3 heteroatoms. The second-order valence-corrected chi connectivity index (χ2v) is 5.85. The molecule has 1 aliphatic rings. The summed E-state index contributed by atoms with van der Waals surface area (Å²) in [5.74, 6) is 0. The fraction of sp³-hybridized carbons (Fsp3) is 0.562. The maximum absolute atomic E-state index is 11.6. The van der Waals surface area contributed by atoms with E-state index in [4.69, 9.17) is 4.74 Å². The Morgan fingerprint density at radius 1 is 1.26 bits per heavy atom. The predicted molar refractivity (Wildman–Crippen MR) is 76.3 cm³/mol. The lowest BCUT2D eigenvalue weighted by Gasteiger charge is -2.39. The van der Waals surface area contributed by atoms with Gasteiger partial charge in [0.05, 0.1) is 17.6 Å². The number of hydrogen-bond donors (Lipinski definition) is 0. The quantitative estimate of drug-likeness (QED) is 0.779. The molecule has 0 bridgehead atoms. The Bertz CT molecular complexity index is 410. The lowest BCUT2D eigenvalue weighted by molar-refractivity contribution is -0.115. The third-order valence-electron chi connectivity index (χ3n) is 3.74. The van der Waals surface area contributed by atoms with Crippen molar-refractivity contribution in [1.29, 1.82) is 0 Å². The van der Waals surface area contributed by atoms with Gasteiger partial charge >= 0.3 is 0 Å². The molecule has 0 radical (unpaired) electrons. The summed E-state index contributed by atoms with van der Waals surface area (Å²) in [6, 6.07) is 10.0. The lowest BCUT2D eigenvalue weighted by Crippen LogP contribution is -2.50. The number of carbonyl (C=O) groups excluding carboxylic acids is 1. The smallest absolute Gasteiger partial charge is 0.131 e. The molecular formula is C16H23NO2. The van der Waals surface area contributed by atoms with Crippen molar-refractivity contribution >= 4 is 6.29 Å². The molecule has 104 valence electrons. The lowest BCUT2D eigenvalue weighted by atomic mass is 9.83. The molecule has 0 amide bonds. The largest absolute Gasteiger partial charge is 0.373 e. The molecular weight excluding hydrogens is 238 g/mol. The van der Waals surface area contributed by atoms with E-state index in [-0.39, 0.29) is 12.2 Å². The van der Waals surface area contributed by atoms with Gasteiger partial charge in [0, 0.05) is 19.6 Å². The van der Waals surface area contributed by atoms with Gasteiger partial charge in [0.2, 0.25) is 0 Å². The van der Waals surface area contributed by atoms with E-state index in [9.17, 15) is 4.79 Å². The molecule has 3 atom stereocenters. The Hall–Kier alpha value is -1.19. The number of hydrogen-bond acceptors (Lipinski definition) is 3. The summed E-state index contributed by atoms with van der Waals surface area (Å²) >= 11 is 0. The highest BCUT2D eigenvalue weighted by atomic mass is 16.5. The van der Waals surface area contributed by atoms with Crippen LogP contribution in [0.1, 0.15) is 26.3 Å². The minimum atomic E-state index is -0.446. The van der Waals surface area contributed by atoms with Crippen LogP contribution in [0.4, 0.5) is 0 Å². The van der Waals surface area contributed by atoms with Crippen LogP contribution in [0.3, 0.4) is 0 Å². The Morgan fingerprint density at radius 2 is 1.84 bits per heavy atom. The second kappa shape index (κ2) is 5.85. The van der Waals surface area contributed by atoms with E-state index in [0.29, 0.717) is 0 Å². The van der Waals surface area contributed by atoms with E-state index in [1.54, 1.807) is 0 Å². The summed E-state index contributed by atoms with van der Waals surface area (Å²) in [6.45, 7) is 8.72. The highest BCUT2D eigenvalue weighted by Gasteiger charge is 2.32. The van der Waals surface area contributed by atoms with E-state index < -0.39 is 5.41 Å². The molecule has 2 rings (SSSR count). The van der Waals surface area contributed by atoms with Crippen LogP contribution < -0.4 is 0 Å². The Kier molecular flexibility index (Phi) is 4.38. The predicted octanol–water partition coefficient (Wildman–Crippen LogP) is 2.25. The van der Waals surface area contributed by atoms with E-state index in [1.807, 2.05) is 37.3 Å². The number of benzene rings is 1. The minimum absolute atomic E-state index is 0.232. The van der Waals surface area contributed by atoms with Crippen LogP contribution in [0.25, 0.3) is 0 Å². The van der Waals surface area contributed by atoms with Gasteiger partial charge in [-0.15, -0.1) is 0 Å². The molecule has 0 N–H and O–H groups in total. The summed E-state index contributed by atoms with van der Waals surface area (Å²) < 4.78 is 5.74. The fourth-order valence-corrected chi connectivity index (χ4v) is 2.89. The summed E-state index contributed by atoms with van der Waals surface area (Å²) in [7, 11) is 0. The summed E-state index contributed by atoms with van der Waals surface area (Å²) in [4.78, 5) is 13.9. The van der Waals surface area contributed by atoms with Crippen LogP contribution in [0.2, 0.25) is 0 Å².